The zero-order valence-electron chi connectivity index (χ0n) is 10.3. The number of aliphatic hydroxyl groups is 2. The third kappa shape index (κ3) is 2.14. The highest BCUT2D eigenvalue weighted by Crippen LogP contribution is 2.49. The van der Waals surface area contributed by atoms with Crippen LogP contribution in [0.15, 0.2) is 0 Å². The summed E-state index contributed by atoms with van der Waals surface area (Å²) in [6, 6.07) is 0. The van der Waals surface area contributed by atoms with Gasteiger partial charge in [0.2, 0.25) is 0 Å². The fourth-order valence-corrected chi connectivity index (χ4v) is 4.08. The fraction of sp³-hybridized carbons (Fsp3) is 1.00. The standard InChI is InChI=1S/C14H26O2/c15-10-14(11-16,13-8-4-5-9-13)12-6-2-1-3-7-12/h12-13,15-16H,1-11H2. The average molecular weight is 226 g/mol. The van der Waals surface area contributed by atoms with Gasteiger partial charge in [-0.25, -0.2) is 0 Å². The van der Waals surface area contributed by atoms with Crippen molar-refractivity contribution in [2.75, 3.05) is 13.2 Å². The summed E-state index contributed by atoms with van der Waals surface area (Å²) < 4.78 is 0. The van der Waals surface area contributed by atoms with Crippen LogP contribution < -0.4 is 0 Å². The lowest BCUT2D eigenvalue weighted by Crippen LogP contribution is -2.44. The molecule has 0 atom stereocenters. The van der Waals surface area contributed by atoms with Crippen molar-refractivity contribution >= 4 is 0 Å². The number of hydrogen-bond acceptors (Lipinski definition) is 2. The summed E-state index contributed by atoms with van der Waals surface area (Å²) >= 11 is 0. The van der Waals surface area contributed by atoms with E-state index in [1.165, 1.54) is 57.8 Å². The summed E-state index contributed by atoms with van der Waals surface area (Å²) in [4.78, 5) is 0. The van der Waals surface area contributed by atoms with Crippen molar-refractivity contribution in [3.05, 3.63) is 0 Å². The SMILES string of the molecule is OCC(CO)(C1CCCCC1)C1CCCC1. The van der Waals surface area contributed by atoms with Gasteiger partial charge in [0, 0.05) is 5.41 Å². The summed E-state index contributed by atoms with van der Waals surface area (Å²) in [5, 5.41) is 19.7. The lowest BCUT2D eigenvalue weighted by Gasteiger charge is -2.44. The van der Waals surface area contributed by atoms with Gasteiger partial charge >= 0.3 is 0 Å². The van der Waals surface area contributed by atoms with Crippen LogP contribution in [0.3, 0.4) is 0 Å². The molecule has 0 spiro atoms. The van der Waals surface area contributed by atoms with E-state index in [0.717, 1.165) is 0 Å². The third-order valence-corrected chi connectivity index (χ3v) is 5.18. The molecule has 2 heteroatoms. The first kappa shape index (κ1) is 12.4. The van der Waals surface area contributed by atoms with Crippen LogP contribution in [0.25, 0.3) is 0 Å². The van der Waals surface area contributed by atoms with E-state index < -0.39 is 0 Å². The maximum Gasteiger partial charge on any atom is 0.0514 e. The maximum atomic E-state index is 9.83. The van der Waals surface area contributed by atoms with Gasteiger partial charge in [-0.2, -0.15) is 0 Å². The van der Waals surface area contributed by atoms with Crippen LogP contribution in [-0.4, -0.2) is 23.4 Å². The molecule has 2 aliphatic rings. The quantitative estimate of drug-likeness (QED) is 0.774. The Bertz CT molecular complexity index is 199. The van der Waals surface area contributed by atoms with Crippen LogP contribution in [0, 0.1) is 17.3 Å². The van der Waals surface area contributed by atoms with Gasteiger partial charge in [0.15, 0.2) is 0 Å². The van der Waals surface area contributed by atoms with E-state index in [1.807, 2.05) is 0 Å². The van der Waals surface area contributed by atoms with Gasteiger partial charge in [0.1, 0.15) is 0 Å². The van der Waals surface area contributed by atoms with Crippen molar-refractivity contribution in [3.8, 4) is 0 Å². The zero-order chi connectivity index (χ0) is 11.4. The molecule has 0 bridgehead atoms. The van der Waals surface area contributed by atoms with E-state index in [-0.39, 0.29) is 18.6 Å². The summed E-state index contributed by atoms with van der Waals surface area (Å²) in [7, 11) is 0. The van der Waals surface area contributed by atoms with Crippen molar-refractivity contribution in [3.63, 3.8) is 0 Å². The maximum absolute atomic E-state index is 9.83. The van der Waals surface area contributed by atoms with Gasteiger partial charge in [0.05, 0.1) is 13.2 Å². The molecule has 0 aliphatic heterocycles. The van der Waals surface area contributed by atoms with E-state index in [0.29, 0.717) is 11.8 Å². The van der Waals surface area contributed by atoms with Crippen molar-refractivity contribution in [1.29, 1.82) is 0 Å². The summed E-state index contributed by atoms with van der Waals surface area (Å²) in [5.41, 5.74) is -0.156. The lowest BCUT2D eigenvalue weighted by atomic mass is 9.62. The summed E-state index contributed by atoms with van der Waals surface area (Å²) in [5.74, 6) is 1.14. The van der Waals surface area contributed by atoms with Crippen LogP contribution in [0.1, 0.15) is 57.8 Å². The Morgan fingerprint density at radius 1 is 0.688 bits per heavy atom. The van der Waals surface area contributed by atoms with E-state index in [2.05, 4.69) is 0 Å². The molecule has 0 amide bonds. The Balaban J connectivity index is 2.11. The highest BCUT2D eigenvalue weighted by molar-refractivity contribution is 4.94. The van der Waals surface area contributed by atoms with Crippen molar-refractivity contribution in [1.82, 2.24) is 0 Å². The molecule has 0 radical (unpaired) electrons. The first-order chi connectivity index (χ1) is 7.83. The molecule has 94 valence electrons. The minimum absolute atomic E-state index is 0.156. The minimum atomic E-state index is -0.156. The van der Waals surface area contributed by atoms with Crippen molar-refractivity contribution in [2.24, 2.45) is 17.3 Å². The Morgan fingerprint density at radius 2 is 1.06 bits per heavy atom. The molecule has 0 aromatic rings. The molecule has 0 unspecified atom stereocenters. The van der Waals surface area contributed by atoms with E-state index >= 15 is 0 Å². The predicted molar refractivity (Wildman–Crippen MR) is 65.1 cm³/mol. The van der Waals surface area contributed by atoms with Crippen molar-refractivity contribution in [2.45, 2.75) is 57.8 Å². The van der Waals surface area contributed by atoms with Gasteiger partial charge < -0.3 is 10.2 Å². The predicted octanol–water partition coefficient (Wildman–Crippen LogP) is 2.73. The van der Waals surface area contributed by atoms with Gasteiger partial charge in [0.25, 0.3) is 0 Å². The highest BCUT2D eigenvalue weighted by atomic mass is 16.3. The highest BCUT2D eigenvalue weighted by Gasteiger charge is 2.45. The van der Waals surface area contributed by atoms with Gasteiger partial charge in [-0.3, -0.25) is 0 Å². The van der Waals surface area contributed by atoms with E-state index in [1.54, 1.807) is 0 Å². The van der Waals surface area contributed by atoms with Crippen LogP contribution in [0.5, 0.6) is 0 Å². The fourth-order valence-electron chi connectivity index (χ4n) is 4.08. The first-order valence-electron chi connectivity index (χ1n) is 7.05. The van der Waals surface area contributed by atoms with Crippen LogP contribution in [-0.2, 0) is 0 Å². The molecular weight excluding hydrogens is 200 g/mol. The first-order valence-corrected chi connectivity index (χ1v) is 7.05. The molecule has 2 nitrogen and oxygen atoms in total. The van der Waals surface area contributed by atoms with Gasteiger partial charge in [-0.05, 0) is 37.5 Å². The van der Waals surface area contributed by atoms with Crippen LogP contribution in [0.4, 0.5) is 0 Å². The second-order valence-corrected chi connectivity index (χ2v) is 5.87. The molecule has 2 N–H and O–H groups in total. The smallest absolute Gasteiger partial charge is 0.0514 e. The van der Waals surface area contributed by atoms with E-state index in [4.69, 9.17) is 0 Å². The molecule has 2 fully saturated rings. The molecule has 2 rings (SSSR count). The average Bonchev–Trinajstić information content (AvgIpc) is 2.87. The molecule has 0 saturated heterocycles. The molecule has 2 aliphatic carbocycles. The monoisotopic (exact) mass is 226 g/mol. The molecule has 16 heavy (non-hydrogen) atoms. The van der Waals surface area contributed by atoms with Crippen molar-refractivity contribution < 1.29 is 10.2 Å². The largest absolute Gasteiger partial charge is 0.396 e. The molecular formula is C14H26O2. The van der Waals surface area contributed by atoms with Gasteiger partial charge in [-0.1, -0.05) is 32.1 Å². The topological polar surface area (TPSA) is 40.5 Å². The van der Waals surface area contributed by atoms with Crippen LogP contribution in [0.2, 0.25) is 0 Å². The Morgan fingerprint density at radius 3 is 1.44 bits per heavy atom. The van der Waals surface area contributed by atoms with E-state index in [9.17, 15) is 10.2 Å². The number of hydrogen-bond donors (Lipinski definition) is 2. The number of rotatable bonds is 4. The summed E-state index contributed by atoms with van der Waals surface area (Å²) in [6.45, 7) is 0.387. The Kier molecular flexibility index (Phi) is 4.26. The normalized spacial score (nSPS) is 25.1. The molecule has 0 aromatic carbocycles. The van der Waals surface area contributed by atoms with Gasteiger partial charge in [-0.15, -0.1) is 0 Å². The molecule has 0 heterocycles. The molecule has 0 aromatic heterocycles. The zero-order valence-corrected chi connectivity index (χ0v) is 10.3. The second-order valence-electron chi connectivity index (χ2n) is 5.87. The lowest BCUT2D eigenvalue weighted by molar-refractivity contribution is -0.0547. The Labute approximate surface area is 99.1 Å². The van der Waals surface area contributed by atoms with Crippen LogP contribution >= 0.6 is 0 Å². The summed E-state index contributed by atoms with van der Waals surface area (Å²) in [6.07, 6.45) is 11.4. The molecule has 2 saturated carbocycles. The second kappa shape index (κ2) is 5.50. The Hall–Kier alpha value is -0.0800. The minimum Gasteiger partial charge on any atom is -0.396 e. The third-order valence-electron chi connectivity index (χ3n) is 5.18. The number of aliphatic hydroxyl groups excluding tert-OH is 2.